The molecule has 0 radical (unpaired) electrons. The first-order valence-corrected chi connectivity index (χ1v) is 11.4. The molecule has 0 amide bonds. The van der Waals surface area contributed by atoms with Crippen molar-refractivity contribution in [1.82, 2.24) is 30.3 Å². The molecule has 1 aromatic heterocycles. The van der Waals surface area contributed by atoms with Crippen LogP contribution in [0.4, 0.5) is 0 Å². The van der Waals surface area contributed by atoms with E-state index in [1.165, 1.54) is 0 Å². The summed E-state index contributed by atoms with van der Waals surface area (Å²) in [7, 11) is 1.98. The molecule has 1 atom stereocenters. The molecule has 2 N–H and O–H groups in total. The third-order valence-electron chi connectivity index (χ3n) is 5.87. The van der Waals surface area contributed by atoms with Gasteiger partial charge in [-0.2, -0.15) is 0 Å². The largest absolute Gasteiger partial charge is 0.377 e. The zero-order valence-corrected chi connectivity index (χ0v) is 19.1. The van der Waals surface area contributed by atoms with Crippen molar-refractivity contribution in [1.29, 1.82) is 0 Å². The van der Waals surface area contributed by atoms with Gasteiger partial charge in [0.1, 0.15) is 12.4 Å². The number of hydrogen-bond donors (Lipinski definition) is 2. The van der Waals surface area contributed by atoms with Crippen LogP contribution in [0.3, 0.4) is 0 Å². The number of piperidine rings is 1. The first-order chi connectivity index (χ1) is 14.5. The van der Waals surface area contributed by atoms with Crippen molar-refractivity contribution in [2.24, 2.45) is 12.0 Å². The van der Waals surface area contributed by atoms with Crippen LogP contribution in [0.15, 0.2) is 4.99 Å². The summed E-state index contributed by atoms with van der Waals surface area (Å²) in [5.41, 5.74) is 0. The highest BCUT2D eigenvalue weighted by atomic mass is 16.5. The number of likely N-dealkylation sites (tertiary alicyclic amines) is 1. The quantitative estimate of drug-likeness (QED) is 0.458. The Kier molecular flexibility index (Phi) is 8.89. The fourth-order valence-electron chi connectivity index (χ4n) is 3.82. The van der Waals surface area contributed by atoms with E-state index < -0.39 is 0 Å². The summed E-state index contributed by atoms with van der Waals surface area (Å²) in [4.78, 5) is 7.28. The molecule has 0 aliphatic carbocycles. The number of ether oxygens (including phenoxy) is 2. The second-order valence-corrected chi connectivity index (χ2v) is 8.58. The molecule has 0 bridgehead atoms. The predicted molar refractivity (Wildman–Crippen MR) is 118 cm³/mol. The molecule has 1 aromatic rings. The van der Waals surface area contributed by atoms with Gasteiger partial charge in [-0.05, 0) is 46.5 Å². The average Bonchev–Trinajstić information content (AvgIpc) is 3.36. The number of nitrogens with one attached hydrogen (secondary N) is 2. The highest BCUT2D eigenvalue weighted by molar-refractivity contribution is 5.80. The molecule has 9 heteroatoms. The number of rotatable bonds is 9. The van der Waals surface area contributed by atoms with Crippen molar-refractivity contribution in [3.63, 3.8) is 0 Å². The van der Waals surface area contributed by atoms with Gasteiger partial charge in [-0.15, -0.1) is 10.2 Å². The lowest BCUT2D eigenvalue weighted by atomic mass is 10.1. The summed E-state index contributed by atoms with van der Waals surface area (Å²) in [5, 5.41) is 15.5. The minimum absolute atomic E-state index is 0.275. The first kappa shape index (κ1) is 23.0. The maximum atomic E-state index is 5.76. The Hall–Kier alpha value is -1.71. The highest BCUT2D eigenvalue weighted by Crippen LogP contribution is 2.12. The molecule has 0 saturated carbocycles. The molecule has 2 aliphatic rings. The van der Waals surface area contributed by atoms with E-state index in [0.29, 0.717) is 18.7 Å². The number of aryl methyl sites for hydroxylation is 1. The topological polar surface area (TPSA) is 88.8 Å². The minimum Gasteiger partial charge on any atom is -0.377 e. The van der Waals surface area contributed by atoms with Crippen LogP contribution in [0.1, 0.15) is 51.2 Å². The molecule has 30 heavy (non-hydrogen) atoms. The zero-order chi connectivity index (χ0) is 21.3. The fourth-order valence-corrected chi connectivity index (χ4v) is 3.82. The average molecular weight is 422 g/mol. The molecular weight excluding hydrogens is 382 g/mol. The summed E-state index contributed by atoms with van der Waals surface area (Å²) < 4.78 is 13.4. The van der Waals surface area contributed by atoms with Crippen molar-refractivity contribution in [3.8, 4) is 0 Å². The molecule has 3 rings (SSSR count). The molecule has 0 aromatic carbocycles. The van der Waals surface area contributed by atoms with Crippen molar-refractivity contribution < 1.29 is 9.47 Å². The van der Waals surface area contributed by atoms with Crippen LogP contribution in [0, 0.1) is 6.92 Å². The highest BCUT2D eigenvalue weighted by Gasteiger charge is 2.21. The number of nitrogens with zero attached hydrogens (tertiary/aromatic N) is 5. The van der Waals surface area contributed by atoms with Crippen LogP contribution in [-0.2, 0) is 23.1 Å². The van der Waals surface area contributed by atoms with E-state index in [1.54, 1.807) is 0 Å². The van der Waals surface area contributed by atoms with Crippen LogP contribution in [0.25, 0.3) is 0 Å². The van der Waals surface area contributed by atoms with Gasteiger partial charge >= 0.3 is 0 Å². The summed E-state index contributed by atoms with van der Waals surface area (Å²) in [6.07, 6.45) is 5.03. The van der Waals surface area contributed by atoms with Gasteiger partial charge in [-0.25, -0.2) is 4.99 Å². The van der Waals surface area contributed by atoms with Gasteiger partial charge in [0.2, 0.25) is 0 Å². The van der Waals surface area contributed by atoms with Crippen LogP contribution in [0.5, 0.6) is 0 Å². The maximum Gasteiger partial charge on any atom is 0.192 e. The van der Waals surface area contributed by atoms with E-state index in [4.69, 9.17) is 14.5 Å². The van der Waals surface area contributed by atoms with Gasteiger partial charge in [0, 0.05) is 45.9 Å². The summed E-state index contributed by atoms with van der Waals surface area (Å²) >= 11 is 0. The lowest BCUT2D eigenvalue weighted by Crippen LogP contribution is -2.50. The van der Waals surface area contributed by atoms with Gasteiger partial charge in [-0.3, -0.25) is 0 Å². The SMILES string of the molecule is Cc1nnc(CN=C(NCC2CCCO2)NC2CCN(CCOC(C)C)CC2)n1C. The van der Waals surface area contributed by atoms with Crippen molar-refractivity contribution >= 4 is 5.96 Å². The molecule has 3 heterocycles. The molecule has 9 nitrogen and oxygen atoms in total. The van der Waals surface area contributed by atoms with E-state index >= 15 is 0 Å². The van der Waals surface area contributed by atoms with Crippen LogP contribution in [0.2, 0.25) is 0 Å². The fraction of sp³-hybridized carbons (Fsp3) is 0.857. The Morgan fingerprint density at radius 1 is 1.27 bits per heavy atom. The monoisotopic (exact) mass is 421 g/mol. The lowest BCUT2D eigenvalue weighted by Gasteiger charge is -2.33. The molecule has 0 spiro atoms. The molecule has 170 valence electrons. The van der Waals surface area contributed by atoms with E-state index in [9.17, 15) is 0 Å². The Morgan fingerprint density at radius 2 is 2.07 bits per heavy atom. The van der Waals surface area contributed by atoms with Gasteiger partial charge in [-0.1, -0.05) is 0 Å². The van der Waals surface area contributed by atoms with Crippen molar-refractivity contribution in [3.05, 3.63) is 11.6 Å². The lowest BCUT2D eigenvalue weighted by molar-refractivity contribution is 0.0532. The molecule has 1 unspecified atom stereocenters. The van der Waals surface area contributed by atoms with E-state index in [-0.39, 0.29) is 6.10 Å². The normalized spacial score (nSPS) is 21.5. The standard InChI is InChI=1S/C21H39N7O2/c1-16(2)29-13-11-28-9-7-18(8-10-28)24-21(22-14-19-6-5-12-30-19)23-15-20-26-25-17(3)27(20)4/h16,18-19H,5-15H2,1-4H3,(H2,22,23,24). The molecule has 2 saturated heterocycles. The molecule has 2 aliphatic heterocycles. The predicted octanol–water partition coefficient (Wildman–Crippen LogP) is 1.23. The Labute approximate surface area is 180 Å². The Bertz CT molecular complexity index is 662. The third-order valence-corrected chi connectivity index (χ3v) is 5.87. The minimum atomic E-state index is 0.275. The van der Waals surface area contributed by atoms with E-state index in [1.807, 2.05) is 18.5 Å². The van der Waals surface area contributed by atoms with Gasteiger partial charge in [0.25, 0.3) is 0 Å². The third kappa shape index (κ3) is 7.21. The van der Waals surface area contributed by atoms with E-state index in [2.05, 4.69) is 39.6 Å². The van der Waals surface area contributed by atoms with E-state index in [0.717, 1.165) is 82.7 Å². The smallest absolute Gasteiger partial charge is 0.192 e. The molecule has 2 fully saturated rings. The Morgan fingerprint density at radius 3 is 2.70 bits per heavy atom. The second-order valence-electron chi connectivity index (χ2n) is 8.58. The number of hydrogen-bond acceptors (Lipinski definition) is 6. The van der Waals surface area contributed by atoms with Crippen LogP contribution >= 0.6 is 0 Å². The van der Waals surface area contributed by atoms with Crippen LogP contribution < -0.4 is 10.6 Å². The number of guanidine groups is 1. The van der Waals surface area contributed by atoms with Gasteiger partial charge in [0.15, 0.2) is 11.8 Å². The summed E-state index contributed by atoms with van der Waals surface area (Å²) in [6.45, 7) is 12.3. The number of aliphatic imine (C=N–C) groups is 1. The van der Waals surface area contributed by atoms with Gasteiger partial charge in [0.05, 0.1) is 18.8 Å². The van der Waals surface area contributed by atoms with Crippen molar-refractivity contribution in [2.45, 2.75) is 71.2 Å². The summed E-state index contributed by atoms with van der Waals surface area (Å²) in [5.74, 6) is 2.61. The zero-order valence-electron chi connectivity index (χ0n) is 19.1. The number of aromatic nitrogens is 3. The van der Waals surface area contributed by atoms with Crippen molar-refractivity contribution in [2.75, 3.05) is 39.4 Å². The molecular formula is C21H39N7O2. The summed E-state index contributed by atoms with van der Waals surface area (Å²) in [6, 6.07) is 0.421. The second kappa shape index (κ2) is 11.6. The van der Waals surface area contributed by atoms with Crippen LogP contribution in [-0.4, -0.2) is 83.3 Å². The Balaban J connectivity index is 1.50. The maximum absolute atomic E-state index is 5.76. The van der Waals surface area contributed by atoms with Gasteiger partial charge < -0.3 is 29.6 Å². The first-order valence-electron chi connectivity index (χ1n) is 11.4.